The van der Waals surface area contributed by atoms with Crippen LogP contribution >= 0.6 is 0 Å². The highest BCUT2D eigenvalue weighted by atomic mass is 19.1. The molecule has 1 N–H and O–H groups in total. The first-order chi connectivity index (χ1) is 9.42. The van der Waals surface area contributed by atoms with Crippen molar-refractivity contribution in [1.29, 1.82) is 5.26 Å². The number of hydrogen-bond donors (Lipinski definition) is 1. The molecular weight excluding hydrogens is 265 g/mol. The Morgan fingerprint density at radius 3 is 2.80 bits per heavy atom. The van der Waals surface area contributed by atoms with E-state index in [-0.39, 0.29) is 37.5 Å². The number of halogens is 1. The SMILES string of the molecule is CC(=O)C[C@@H]1C[C@@H](C(=O)N2C[C@@H](F)C[C@H]2C#N)NC1=O. The molecule has 6 nitrogen and oxygen atoms in total. The molecule has 2 saturated heterocycles. The maximum atomic E-state index is 13.3. The average Bonchev–Trinajstić information content (AvgIpc) is 2.92. The smallest absolute Gasteiger partial charge is 0.246 e. The van der Waals surface area contributed by atoms with E-state index < -0.39 is 30.1 Å². The van der Waals surface area contributed by atoms with Crippen molar-refractivity contribution in [3.63, 3.8) is 0 Å². The summed E-state index contributed by atoms with van der Waals surface area (Å²) in [5.41, 5.74) is 0. The van der Waals surface area contributed by atoms with Crippen LogP contribution in [0.25, 0.3) is 0 Å². The van der Waals surface area contributed by atoms with Gasteiger partial charge in [-0.25, -0.2) is 4.39 Å². The van der Waals surface area contributed by atoms with Crippen molar-refractivity contribution in [3.8, 4) is 6.07 Å². The van der Waals surface area contributed by atoms with Crippen molar-refractivity contribution in [2.75, 3.05) is 6.54 Å². The van der Waals surface area contributed by atoms with Crippen LogP contribution in [0.4, 0.5) is 4.39 Å². The standard InChI is InChI=1S/C13H16FN3O3/c1-7(18)2-8-3-11(16-12(8)19)13(20)17-6-9(14)4-10(17)5-15/h8-11H,2-4,6H2,1H3,(H,16,19)/t8-,9+,10+,11+/m1/s1. The van der Waals surface area contributed by atoms with E-state index in [4.69, 9.17) is 5.26 Å². The molecule has 0 aromatic rings. The molecule has 2 aliphatic heterocycles. The summed E-state index contributed by atoms with van der Waals surface area (Å²) in [6.45, 7) is 1.28. The number of carbonyl (C=O) groups excluding carboxylic acids is 3. The summed E-state index contributed by atoms with van der Waals surface area (Å²) in [5.74, 6) is -1.39. The number of alkyl halides is 1. The van der Waals surface area contributed by atoms with Crippen LogP contribution in [0.1, 0.15) is 26.2 Å². The third-order valence-corrected chi connectivity index (χ3v) is 3.72. The monoisotopic (exact) mass is 281 g/mol. The Bertz CT molecular complexity index is 488. The number of ketones is 1. The number of hydrogen-bond acceptors (Lipinski definition) is 4. The van der Waals surface area contributed by atoms with Crippen molar-refractivity contribution >= 4 is 17.6 Å². The van der Waals surface area contributed by atoms with Gasteiger partial charge in [0, 0.05) is 18.8 Å². The molecule has 0 aliphatic carbocycles. The summed E-state index contributed by atoms with van der Waals surface area (Å²) in [6.07, 6.45) is -0.861. The zero-order chi connectivity index (χ0) is 14.9. The fourth-order valence-corrected chi connectivity index (χ4v) is 2.78. The number of rotatable bonds is 3. The molecule has 2 amide bonds. The lowest BCUT2D eigenvalue weighted by molar-refractivity contribution is -0.134. The third kappa shape index (κ3) is 2.79. The van der Waals surface area contributed by atoms with Gasteiger partial charge in [0.15, 0.2) is 0 Å². The Labute approximate surface area is 115 Å². The summed E-state index contributed by atoms with van der Waals surface area (Å²) in [5, 5.41) is 11.5. The van der Waals surface area contributed by atoms with E-state index in [1.165, 1.54) is 11.8 Å². The largest absolute Gasteiger partial charge is 0.344 e. The molecule has 7 heteroatoms. The van der Waals surface area contributed by atoms with E-state index in [0.717, 1.165) is 0 Å². The summed E-state index contributed by atoms with van der Waals surface area (Å²) in [7, 11) is 0. The first kappa shape index (κ1) is 14.4. The molecule has 2 fully saturated rings. The average molecular weight is 281 g/mol. The molecule has 0 spiro atoms. The van der Waals surface area contributed by atoms with Crippen LogP contribution < -0.4 is 5.32 Å². The minimum absolute atomic E-state index is 0.0137. The fourth-order valence-electron chi connectivity index (χ4n) is 2.78. The minimum atomic E-state index is -1.20. The quantitative estimate of drug-likeness (QED) is 0.784. The van der Waals surface area contributed by atoms with Crippen LogP contribution in [0.3, 0.4) is 0 Å². The molecule has 2 heterocycles. The second-order valence-electron chi connectivity index (χ2n) is 5.37. The zero-order valence-electron chi connectivity index (χ0n) is 11.1. The van der Waals surface area contributed by atoms with Gasteiger partial charge in [0.2, 0.25) is 11.8 Å². The van der Waals surface area contributed by atoms with Crippen LogP contribution in [-0.4, -0.2) is 47.3 Å². The van der Waals surface area contributed by atoms with Gasteiger partial charge in [-0.15, -0.1) is 0 Å². The highest BCUT2D eigenvalue weighted by Gasteiger charge is 2.43. The van der Waals surface area contributed by atoms with Gasteiger partial charge in [0.1, 0.15) is 24.0 Å². The van der Waals surface area contributed by atoms with Gasteiger partial charge >= 0.3 is 0 Å². The predicted octanol–water partition coefficient (Wildman–Crippen LogP) is -0.0672. The summed E-state index contributed by atoms with van der Waals surface area (Å²) >= 11 is 0. The first-order valence-corrected chi connectivity index (χ1v) is 6.56. The molecule has 0 bridgehead atoms. The third-order valence-electron chi connectivity index (χ3n) is 3.72. The number of nitrogens with one attached hydrogen (secondary N) is 1. The van der Waals surface area contributed by atoms with Crippen molar-refractivity contribution in [2.24, 2.45) is 5.92 Å². The van der Waals surface area contributed by atoms with Crippen LogP contribution in [0.2, 0.25) is 0 Å². The van der Waals surface area contributed by atoms with E-state index in [9.17, 15) is 18.8 Å². The Morgan fingerprint density at radius 1 is 1.50 bits per heavy atom. The van der Waals surface area contributed by atoms with Crippen LogP contribution in [-0.2, 0) is 14.4 Å². The maximum Gasteiger partial charge on any atom is 0.246 e. The second-order valence-corrected chi connectivity index (χ2v) is 5.37. The number of nitrogens with zero attached hydrogens (tertiary/aromatic N) is 2. The van der Waals surface area contributed by atoms with E-state index >= 15 is 0 Å². The molecule has 4 atom stereocenters. The number of likely N-dealkylation sites (tertiary alicyclic amines) is 1. The molecular formula is C13H16FN3O3. The highest BCUT2D eigenvalue weighted by Crippen LogP contribution is 2.25. The van der Waals surface area contributed by atoms with Gasteiger partial charge in [0.05, 0.1) is 12.6 Å². The fraction of sp³-hybridized carbons (Fsp3) is 0.692. The lowest BCUT2D eigenvalue weighted by atomic mass is 9.98. The lowest BCUT2D eigenvalue weighted by Gasteiger charge is -2.22. The van der Waals surface area contributed by atoms with Gasteiger partial charge in [-0.05, 0) is 13.3 Å². The van der Waals surface area contributed by atoms with Gasteiger partial charge in [-0.1, -0.05) is 0 Å². The Hall–Kier alpha value is -1.97. The highest BCUT2D eigenvalue weighted by molar-refractivity contribution is 5.94. The van der Waals surface area contributed by atoms with Crippen molar-refractivity contribution in [1.82, 2.24) is 10.2 Å². The molecule has 0 unspecified atom stereocenters. The minimum Gasteiger partial charge on any atom is -0.344 e. The van der Waals surface area contributed by atoms with Crippen molar-refractivity contribution in [3.05, 3.63) is 0 Å². The van der Waals surface area contributed by atoms with Gasteiger partial charge < -0.3 is 15.0 Å². The number of amides is 2. The van der Waals surface area contributed by atoms with Gasteiger partial charge in [-0.3, -0.25) is 9.59 Å². The molecule has 0 radical (unpaired) electrons. The lowest BCUT2D eigenvalue weighted by Crippen LogP contribution is -2.46. The maximum absolute atomic E-state index is 13.3. The summed E-state index contributed by atoms with van der Waals surface area (Å²) in [4.78, 5) is 36.2. The zero-order valence-corrected chi connectivity index (χ0v) is 11.1. The topological polar surface area (TPSA) is 90.3 Å². The molecule has 2 rings (SSSR count). The van der Waals surface area contributed by atoms with E-state index in [1.54, 1.807) is 0 Å². The Morgan fingerprint density at radius 2 is 2.20 bits per heavy atom. The summed E-state index contributed by atoms with van der Waals surface area (Å²) < 4.78 is 13.3. The molecule has 0 saturated carbocycles. The van der Waals surface area contributed by atoms with Gasteiger partial charge in [0.25, 0.3) is 0 Å². The second kappa shape index (κ2) is 5.57. The Kier molecular flexibility index (Phi) is 4.02. The molecule has 20 heavy (non-hydrogen) atoms. The normalized spacial score (nSPS) is 32.9. The van der Waals surface area contributed by atoms with Gasteiger partial charge in [-0.2, -0.15) is 5.26 Å². The molecule has 0 aromatic heterocycles. The first-order valence-electron chi connectivity index (χ1n) is 6.56. The van der Waals surface area contributed by atoms with Crippen molar-refractivity contribution in [2.45, 2.75) is 44.4 Å². The van der Waals surface area contributed by atoms with E-state index in [0.29, 0.717) is 0 Å². The van der Waals surface area contributed by atoms with E-state index in [2.05, 4.69) is 5.32 Å². The van der Waals surface area contributed by atoms with E-state index in [1.807, 2.05) is 6.07 Å². The molecule has 0 aromatic carbocycles. The number of carbonyl (C=O) groups is 3. The number of nitriles is 1. The molecule has 2 aliphatic rings. The van der Waals surface area contributed by atoms with Crippen LogP contribution in [0.15, 0.2) is 0 Å². The van der Waals surface area contributed by atoms with Crippen LogP contribution in [0, 0.1) is 17.2 Å². The Balaban J connectivity index is 2.02. The van der Waals surface area contributed by atoms with Crippen molar-refractivity contribution < 1.29 is 18.8 Å². The number of Topliss-reactive ketones (excluding diaryl/α,β-unsaturated/α-hetero) is 1. The van der Waals surface area contributed by atoms with Crippen LogP contribution in [0.5, 0.6) is 0 Å². The predicted molar refractivity (Wildman–Crippen MR) is 66.0 cm³/mol. The molecule has 108 valence electrons. The summed E-state index contributed by atoms with van der Waals surface area (Å²) in [6, 6.07) is 0.369.